The van der Waals surface area contributed by atoms with E-state index in [4.69, 9.17) is 4.99 Å². The fourth-order valence-electron chi connectivity index (χ4n) is 3.64. The highest BCUT2D eigenvalue weighted by atomic mass is 127. The minimum atomic E-state index is 0. The van der Waals surface area contributed by atoms with Crippen molar-refractivity contribution in [2.75, 3.05) is 24.5 Å². The predicted molar refractivity (Wildman–Crippen MR) is 143 cm³/mol. The molecular formula is C25H31IN6. The van der Waals surface area contributed by atoms with Gasteiger partial charge in [0.25, 0.3) is 0 Å². The molecule has 4 rings (SSSR count). The first kappa shape index (κ1) is 23.8. The van der Waals surface area contributed by atoms with Crippen LogP contribution in [0.15, 0.2) is 84.1 Å². The molecule has 0 radical (unpaired) electrons. The van der Waals surface area contributed by atoms with Crippen molar-refractivity contribution in [2.24, 2.45) is 4.99 Å². The van der Waals surface area contributed by atoms with Gasteiger partial charge in [0, 0.05) is 37.7 Å². The van der Waals surface area contributed by atoms with Crippen molar-refractivity contribution in [1.82, 2.24) is 20.4 Å². The van der Waals surface area contributed by atoms with Gasteiger partial charge >= 0.3 is 0 Å². The van der Waals surface area contributed by atoms with E-state index in [1.165, 1.54) is 16.8 Å². The van der Waals surface area contributed by atoms with Crippen LogP contribution in [0.5, 0.6) is 0 Å². The highest BCUT2D eigenvalue weighted by Gasteiger charge is 2.10. The van der Waals surface area contributed by atoms with E-state index in [1.807, 2.05) is 16.9 Å². The summed E-state index contributed by atoms with van der Waals surface area (Å²) < 4.78 is 1.87. The number of hydrogen-bond donors (Lipinski definition) is 2. The standard InChI is InChI=1S/C25H30N6.HI/c1-3-26-25(27-19-21-10-12-23(13-11-21)30-15-4-5-16-30)29-20(2)22-8-6-9-24(18-22)31-17-7-14-28-31;/h4-14,17-18,20H,3,15-16,19H2,1-2H3,(H2,26,27,29);1H. The Kier molecular flexibility index (Phi) is 8.72. The average Bonchev–Trinajstić information content (AvgIpc) is 3.53. The molecule has 0 saturated heterocycles. The molecule has 3 aromatic rings. The first-order valence-corrected chi connectivity index (χ1v) is 10.9. The maximum Gasteiger partial charge on any atom is 0.192 e. The minimum absolute atomic E-state index is 0. The van der Waals surface area contributed by atoms with Crippen LogP contribution >= 0.6 is 24.0 Å². The minimum Gasteiger partial charge on any atom is -0.364 e. The monoisotopic (exact) mass is 542 g/mol. The zero-order chi connectivity index (χ0) is 21.5. The molecule has 0 aliphatic carbocycles. The zero-order valence-corrected chi connectivity index (χ0v) is 20.9. The Bertz CT molecular complexity index is 1020. The van der Waals surface area contributed by atoms with Crippen molar-refractivity contribution in [3.8, 4) is 5.69 Å². The zero-order valence-electron chi connectivity index (χ0n) is 18.6. The molecule has 1 aliphatic heterocycles. The van der Waals surface area contributed by atoms with Crippen molar-refractivity contribution in [3.63, 3.8) is 0 Å². The summed E-state index contributed by atoms with van der Waals surface area (Å²) >= 11 is 0. The summed E-state index contributed by atoms with van der Waals surface area (Å²) in [7, 11) is 0. The van der Waals surface area contributed by atoms with Gasteiger partial charge in [-0.15, -0.1) is 24.0 Å². The molecule has 0 bridgehead atoms. The molecule has 2 heterocycles. The maximum atomic E-state index is 4.80. The third kappa shape index (κ3) is 6.12. The summed E-state index contributed by atoms with van der Waals surface area (Å²) in [6.07, 6.45) is 8.16. The van der Waals surface area contributed by atoms with E-state index >= 15 is 0 Å². The van der Waals surface area contributed by atoms with E-state index in [0.717, 1.165) is 31.3 Å². The van der Waals surface area contributed by atoms with Crippen molar-refractivity contribution in [1.29, 1.82) is 0 Å². The van der Waals surface area contributed by atoms with Crippen molar-refractivity contribution in [3.05, 3.63) is 90.3 Å². The van der Waals surface area contributed by atoms with Gasteiger partial charge in [-0.05, 0) is 55.3 Å². The first-order chi connectivity index (χ1) is 15.2. The van der Waals surface area contributed by atoms with Gasteiger partial charge in [-0.2, -0.15) is 5.10 Å². The molecule has 0 spiro atoms. The molecular weight excluding hydrogens is 511 g/mol. The lowest BCUT2D eigenvalue weighted by molar-refractivity contribution is 0.685. The lowest BCUT2D eigenvalue weighted by atomic mass is 10.1. The number of anilines is 1. The molecule has 1 atom stereocenters. The Morgan fingerprint density at radius 2 is 1.84 bits per heavy atom. The maximum absolute atomic E-state index is 4.80. The van der Waals surface area contributed by atoms with Crippen LogP contribution < -0.4 is 15.5 Å². The van der Waals surface area contributed by atoms with Gasteiger partial charge in [0.1, 0.15) is 0 Å². The van der Waals surface area contributed by atoms with Crippen LogP contribution in [0.3, 0.4) is 0 Å². The number of nitrogens with one attached hydrogen (secondary N) is 2. The molecule has 2 aromatic carbocycles. The van der Waals surface area contributed by atoms with Gasteiger partial charge in [0.15, 0.2) is 5.96 Å². The van der Waals surface area contributed by atoms with Gasteiger partial charge < -0.3 is 15.5 Å². The molecule has 0 amide bonds. The molecule has 1 aromatic heterocycles. The van der Waals surface area contributed by atoms with E-state index in [1.54, 1.807) is 6.20 Å². The molecule has 0 saturated carbocycles. The Morgan fingerprint density at radius 3 is 2.53 bits per heavy atom. The lowest BCUT2D eigenvalue weighted by Gasteiger charge is -2.19. The van der Waals surface area contributed by atoms with Crippen LogP contribution in [0.4, 0.5) is 5.69 Å². The molecule has 0 fully saturated rings. The number of benzene rings is 2. The number of aromatic nitrogens is 2. The van der Waals surface area contributed by atoms with E-state index in [0.29, 0.717) is 6.54 Å². The van der Waals surface area contributed by atoms with Gasteiger partial charge in [-0.1, -0.05) is 36.4 Å². The molecule has 2 N–H and O–H groups in total. The molecule has 32 heavy (non-hydrogen) atoms. The lowest BCUT2D eigenvalue weighted by Crippen LogP contribution is -2.38. The Morgan fingerprint density at radius 1 is 1.06 bits per heavy atom. The highest BCUT2D eigenvalue weighted by molar-refractivity contribution is 14.0. The molecule has 7 heteroatoms. The Labute approximate surface area is 207 Å². The second-order valence-electron chi connectivity index (χ2n) is 7.65. The second kappa shape index (κ2) is 11.7. The summed E-state index contributed by atoms with van der Waals surface area (Å²) in [6.45, 7) is 7.66. The molecule has 1 aliphatic rings. The van der Waals surface area contributed by atoms with Crippen LogP contribution in [0.25, 0.3) is 5.69 Å². The second-order valence-corrected chi connectivity index (χ2v) is 7.65. The number of aliphatic imine (C=N–C) groups is 1. The number of guanidine groups is 1. The van der Waals surface area contributed by atoms with Crippen LogP contribution in [-0.4, -0.2) is 35.4 Å². The fourth-order valence-corrected chi connectivity index (χ4v) is 3.64. The van der Waals surface area contributed by atoms with E-state index in [2.05, 4.69) is 95.2 Å². The highest BCUT2D eigenvalue weighted by Crippen LogP contribution is 2.19. The SMILES string of the molecule is CCNC(=NCc1ccc(N2CC=CC2)cc1)NC(C)c1cccc(-n2cccn2)c1.I. The third-order valence-electron chi connectivity index (χ3n) is 5.38. The number of rotatable bonds is 7. The quantitative estimate of drug-likeness (QED) is 0.197. The van der Waals surface area contributed by atoms with Crippen LogP contribution in [0.1, 0.15) is 31.0 Å². The summed E-state index contributed by atoms with van der Waals surface area (Å²) in [5.74, 6) is 0.812. The average molecular weight is 542 g/mol. The van der Waals surface area contributed by atoms with E-state index in [-0.39, 0.29) is 30.0 Å². The Hall–Kier alpha value is -2.81. The number of halogens is 1. The van der Waals surface area contributed by atoms with Crippen LogP contribution in [0.2, 0.25) is 0 Å². The van der Waals surface area contributed by atoms with Gasteiger partial charge in [-0.25, -0.2) is 9.67 Å². The van der Waals surface area contributed by atoms with Crippen molar-refractivity contribution in [2.45, 2.75) is 26.4 Å². The van der Waals surface area contributed by atoms with Crippen molar-refractivity contribution >= 4 is 35.6 Å². The van der Waals surface area contributed by atoms with Gasteiger partial charge in [-0.3, -0.25) is 0 Å². The molecule has 168 valence electrons. The van der Waals surface area contributed by atoms with Crippen LogP contribution in [0, 0.1) is 0 Å². The molecule has 1 unspecified atom stereocenters. The summed E-state index contributed by atoms with van der Waals surface area (Å²) in [5, 5.41) is 11.2. The van der Waals surface area contributed by atoms with Crippen molar-refractivity contribution < 1.29 is 0 Å². The number of hydrogen-bond acceptors (Lipinski definition) is 3. The first-order valence-electron chi connectivity index (χ1n) is 10.9. The largest absolute Gasteiger partial charge is 0.364 e. The topological polar surface area (TPSA) is 57.5 Å². The molecule has 6 nitrogen and oxygen atoms in total. The summed E-state index contributed by atoms with van der Waals surface area (Å²) in [4.78, 5) is 7.14. The van der Waals surface area contributed by atoms with Crippen LogP contribution in [-0.2, 0) is 6.54 Å². The summed E-state index contributed by atoms with van der Waals surface area (Å²) in [5.41, 5.74) is 4.68. The summed E-state index contributed by atoms with van der Waals surface area (Å²) in [6, 6.07) is 19.1. The fraction of sp³-hybridized carbons (Fsp3) is 0.280. The van der Waals surface area contributed by atoms with E-state index < -0.39 is 0 Å². The van der Waals surface area contributed by atoms with Gasteiger partial charge in [0.05, 0.1) is 18.3 Å². The van der Waals surface area contributed by atoms with Gasteiger partial charge in [0.2, 0.25) is 0 Å². The van der Waals surface area contributed by atoms with E-state index in [9.17, 15) is 0 Å². The Balaban J connectivity index is 0.00000289. The smallest absolute Gasteiger partial charge is 0.192 e. The normalized spacial score (nSPS) is 14.2. The third-order valence-corrected chi connectivity index (χ3v) is 5.38. The predicted octanol–water partition coefficient (Wildman–Crippen LogP) is 4.68. The number of nitrogens with zero attached hydrogens (tertiary/aromatic N) is 4.